The number of halogens is 2. The van der Waals surface area contributed by atoms with Crippen LogP contribution in [0.3, 0.4) is 0 Å². The second-order valence-corrected chi connectivity index (χ2v) is 6.36. The van der Waals surface area contributed by atoms with Gasteiger partial charge < -0.3 is 5.32 Å². The Bertz CT molecular complexity index is 572. The Morgan fingerprint density at radius 1 is 1.37 bits per heavy atom. The topological polar surface area (TPSA) is 29.9 Å². The molecule has 0 aliphatic heterocycles. The van der Waals surface area contributed by atoms with E-state index < -0.39 is 0 Å². The monoisotopic (exact) mass is 325 g/mol. The van der Waals surface area contributed by atoms with Gasteiger partial charge in [0.2, 0.25) is 0 Å². The van der Waals surface area contributed by atoms with Crippen LogP contribution in [0.25, 0.3) is 0 Å². The highest BCUT2D eigenvalue weighted by molar-refractivity contribution is 9.10. The zero-order valence-electron chi connectivity index (χ0n) is 11.2. The maximum Gasteiger partial charge on any atom is 0.147 e. The minimum absolute atomic E-state index is 0.0406. The number of hydrogen-bond acceptors (Lipinski definition) is 2. The highest BCUT2D eigenvalue weighted by Crippen LogP contribution is 2.20. The fourth-order valence-electron chi connectivity index (χ4n) is 1.65. The average Bonchev–Trinajstić information content (AvgIpc) is 2.76. The van der Waals surface area contributed by atoms with E-state index in [4.69, 9.17) is 0 Å². The maximum absolute atomic E-state index is 13.6. The first-order valence-electron chi connectivity index (χ1n) is 6.09. The third-order valence-electron chi connectivity index (χ3n) is 2.74. The number of nitrogens with zero attached hydrogens (tertiary/aromatic N) is 2. The molecule has 0 saturated carbocycles. The summed E-state index contributed by atoms with van der Waals surface area (Å²) in [4.78, 5) is 0. The van der Waals surface area contributed by atoms with Gasteiger partial charge >= 0.3 is 0 Å². The van der Waals surface area contributed by atoms with Crippen LogP contribution in [0.1, 0.15) is 26.3 Å². The van der Waals surface area contributed by atoms with Crippen molar-refractivity contribution in [3.05, 3.63) is 46.4 Å². The predicted octanol–water partition coefficient (Wildman–Crippen LogP) is 4.15. The molecule has 0 bridgehead atoms. The van der Waals surface area contributed by atoms with E-state index in [1.54, 1.807) is 12.3 Å². The Balaban J connectivity index is 2.04. The van der Waals surface area contributed by atoms with E-state index in [1.165, 1.54) is 6.07 Å². The molecule has 5 heteroatoms. The van der Waals surface area contributed by atoms with Gasteiger partial charge in [0.05, 0.1) is 17.4 Å². The standard InChI is InChI=1S/C14H17BrFN3/c1-14(2,3)19-9-10(8-18-19)7-17-13-5-4-11(15)6-12(13)16/h4-6,8-9,17H,7H2,1-3H3. The molecule has 0 aliphatic carbocycles. The summed E-state index contributed by atoms with van der Waals surface area (Å²) in [5, 5.41) is 7.38. The van der Waals surface area contributed by atoms with Gasteiger partial charge in [0.15, 0.2) is 0 Å². The molecule has 1 N–H and O–H groups in total. The number of anilines is 1. The Kier molecular flexibility index (Phi) is 3.94. The van der Waals surface area contributed by atoms with Gasteiger partial charge in [-0.15, -0.1) is 0 Å². The van der Waals surface area contributed by atoms with Gasteiger partial charge in [-0.1, -0.05) is 15.9 Å². The minimum atomic E-state index is -0.266. The number of benzene rings is 1. The summed E-state index contributed by atoms with van der Waals surface area (Å²) in [6.07, 6.45) is 3.78. The molecule has 0 spiro atoms. The molecule has 2 aromatic rings. The second-order valence-electron chi connectivity index (χ2n) is 5.44. The van der Waals surface area contributed by atoms with Gasteiger partial charge in [0, 0.05) is 22.8 Å². The highest BCUT2D eigenvalue weighted by atomic mass is 79.9. The first kappa shape index (κ1) is 14.1. The largest absolute Gasteiger partial charge is 0.378 e. The van der Waals surface area contributed by atoms with Crippen LogP contribution in [0, 0.1) is 5.82 Å². The molecular formula is C14H17BrFN3. The fraction of sp³-hybridized carbons (Fsp3) is 0.357. The zero-order valence-corrected chi connectivity index (χ0v) is 12.8. The third-order valence-corrected chi connectivity index (χ3v) is 3.23. The summed E-state index contributed by atoms with van der Waals surface area (Å²) >= 11 is 3.24. The molecule has 1 aromatic heterocycles. The molecule has 2 rings (SSSR count). The summed E-state index contributed by atoms with van der Waals surface area (Å²) in [6.45, 7) is 6.82. The lowest BCUT2D eigenvalue weighted by Crippen LogP contribution is -2.21. The zero-order chi connectivity index (χ0) is 14.0. The summed E-state index contributed by atoms with van der Waals surface area (Å²) in [5.41, 5.74) is 1.48. The maximum atomic E-state index is 13.6. The van der Waals surface area contributed by atoms with Crippen LogP contribution in [0.5, 0.6) is 0 Å². The van der Waals surface area contributed by atoms with Crippen molar-refractivity contribution < 1.29 is 4.39 Å². The van der Waals surface area contributed by atoms with Crippen molar-refractivity contribution in [1.82, 2.24) is 9.78 Å². The summed E-state index contributed by atoms with van der Waals surface area (Å²) in [6, 6.07) is 4.97. The van der Waals surface area contributed by atoms with E-state index in [1.807, 2.05) is 16.9 Å². The lowest BCUT2D eigenvalue weighted by atomic mass is 10.1. The number of aromatic nitrogens is 2. The van der Waals surface area contributed by atoms with Crippen LogP contribution in [0.4, 0.5) is 10.1 Å². The summed E-state index contributed by atoms with van der Waals surface area (Å²) in [7, 11) is 0. The van der Waals surface area contributed by atoms with Gasteiger partial charge in [-0.05, 0) is 39.0 Å². The van der Waals surface area contributed by atoms with Crippen LogP contribution in [0.15, 0.2) is 35.1 Å². The molecular weight excluding hydrogens is 309 g/mol. The number of rotatable bonds is 3. The van der Waals surface area contributed by atoms with Crippen LogP contribution < -0.4 is 5.32 Å². The van der Waals surface area contributed by atoms with Crippen molar-refractivity contribution in [3.63, 3.8) is 0 Å². The Morgan fingerprint density at radius 2 is 2.11 bits per heavy atom. The van der Waals surface area contributed by atoms with Gasteiger partial charge in [0.1, 0.15) is 5.82 Å². The Hall–Kier alpha value is -1.36. The Labute approximate surface area is 121 Å². The summed E-state index contributed by atoms with van der Waals surface area (Å²) in [5.74, 6) is -0.266. The van der Waals surface area contributed by atoms with E-state index in [-0.39, 0.29) is 11.4 Å². The van der Waals surface area contributed by atoms with E-state index >= 15 is 0 Å². The quantitative estimate of drug-likeness (QED) is 0.918. The SMILES string of the molecule is CC(C)(C)n1cc(CNc2ccc(Br)cc2F)cn1. The lowest BCUT2D eigenvalue weighted by molar-refractivity contribution is 0.355. The van der Waals surface area contributed by atoms with E-state index in [0.717, 1.165) is 10.0 Å². The summed E-state index contributed by atoms with van der Waals surface area (Å²) < 4.78 is 16.3. The van der Waals surface area contributed by atoms with Gasteiger partial charge in [-0.25, -0.2) is 4.39 Å². The van der Waals surface area contributed by atoms with Crippen LogP contribution in [-0.2, 0) is 12.1 Å². The smallest absolute Gasteiger partial charge is 0.147 e. The van der Waals surface area contributed by atoms with Gasteiger partial charge in [-0.2, -0.15) is 5.10 Å². The molecule has 0 amide bonds. The molecule has 19 heavy (non-hydrogen) atoms. The molecule has 0 unspecified atom stereocenters. The van der Waals surface area contributed by atoms with Crippen LogP contribution in [-0.4, -0.2) is 9.78 Å². The third kappa shape index (κ3) is 3.56. The van der Waals surface area contributed by atoms with Crippen molar-refractivity contribution in [2.45, 2.75) is 32.9 Å². The second kappa shape index (κ2) is 5.33. The molecule has 1 aromatic carbocycles. The molecule has 102 valence electrons. The first-order valence-corrected chi connectivity index (χ1v) is 6.88. The molecule has 3 nitrogen and oxygen atoms in total. The van der Waals surface area contributed by atoms with Gasteiger partial charge in [-0.3, -0.25) is 4.68 Å². The number of hydrogen-bond donors (Lipinski definition) is 1. The van der Waals surface area contributed by atoms with E-state index in [2.05, 4.69) is 47.1 Å². The molecule has 0 aliphatic rings. The molecule has 0 atom stereocenters. The average molecular weight is 326 g/mol. The number of nitrogens with one attached hydrogen (secondary N) is 1. The van der Waals surface area contributed by atoms with Crippen molar-refractivity contribution in [3.8, 4) is 0 Å². The highest BCUT2D eigenvalue weighted by Gasteiger charge is 2.13. The van der Waals surface area contributed by atoms with E-state index in [0.29, 0.717) is 12.2 Å². The Morgan fingerprint density at radius 3 is 2.68 bits per heavy atom. The molecule has 1 heterocycles. The van der Waals surface area contributed by atoms with Crippen molar-refractivity contribution in [2.75, 3.05) is 5.32 Å². The van der Waals surface area contributed by atoms with Crippen molar-refractivity contribution in [2.24, 2.45) is 0 Å². The lowest BCUT2D eigenvalue weighted by Gasteiger charge is -2.18. The predicted molar refractivity (Wildman–Crippen MR) is 78.6 cm³/mol. The molecule has 0 radical (unpaired) electrons. The van der Waals surface area contributed by atoms with Crippen molar-refractivity contribution >= 4 is 21.6 Å². The molecule has 0 saturated heterocycles. The van der Waals surface area contributed by atoms with Gasteiger partial charge in [0.25, 0.3) is 0 Å². The molecule has 0 fully saturated rings. The minimum Gasteiger partial charge on any atom is -0.378 e. The fourth-order valence-corrected chi connectivity index (χ4v) is 1.98. The van der Waals surface area contributed by atoms with Crippen LogP contribution >= 0.6 is 15.9 Å². The first-order chi connectivity index (χ1) is 8.86. The van der Waals surface area contributed by atoms with Crippen LogP contribution in [0.2, 0.25) is 0 Å². The van der Waals surface area contributed by atoms with E-state index in [9.17, 15) is 4.39 Å². The van der Waals surface area contributed by atoms with Crippen molar-refractivity contribution in [1.29, 1.82) is 0 Å². The normalized spacial score (nSPS) is 11.6.